The SMILES string of the molecule is Cc1cc(OCCCN2CCN(CC(O)Cn3c(=O)c4c(ncn4C)n(C)c3=O)CC2)cc(C)c1Cl. The van der Waals surface area contributed by atoms with Crippen molar-refractivity contribution in [1.29, 1.82) is 0 Å². The number of rotatable bonds is 9. The summed E-state index contributed by atoms with van der Waals surface area (Å²) in [6.45, 7) is 9.35. The van der Waals surface area contributed by atoms with E-state index in [1.807, 2.05) is 26.0 Å². The minimum atomic E-state index is -0.827. The van der Waals surface area contributed by atoms with Crippen LogP contribution in [0.2, 0.25) is 5.02 Å². The van der Waals surface area contributed by atoms with Crippen LogP contribution in [0.5, 0.6) is 5.75 Å². The Labute approximate surface area is 215 Å². The Morgan fingerprint density at radius 2 is 1.69 bits per heavy atom. The Morgan fingerprint density at radius 3 is 2.36 bits per heavy atom. The minimum absolute atomic E-state index is 0.0478. The van der Waals surface area contributed by atoms with E-state index >= 15 is 0 Å². The lowest BCUT2D eigenvalue weighted by Crippen LogP contribution is -2.50. The number of fused-ring (bicyclic) bond motifs is 1. The molecule has 0 radical (unpaired) electrons. The second-order valence-electron chi connectivity index (χ2n) is 9.65. The summed E-state index contributed by atoms with van der Waals surface area (Å²) in [4.78, 5) is 34.2. The van der Waals surface area contributed by atoms with Gasteiger partial charge in [-0.05, 0) is 43.5 Å². The van der Waals surface area contributed by atoms with Crippen LogP contribution in [0.3, 0.4) is 0 Å². The number of β-amino-alcohol motifs (C(OH)–C–C–N with tert-alkyl or cyclic N) is 1. The summed E-state index contributed by atoms with van der Waals surface area (Å²) in [6.07, 6.45) is 1.61. The fraction of sp³-hybridized carbons (Fsp3) is 0.560. The number of piperazine rings is 1. The summed E-state index contributed by atoms with van der Waals surface area (Å²) in [5, 5.41) is 11.5. The predicted molar refractivity (Wildman–Crippen MR) is 140 cm³/mol. The maximum atomic E-state index is 12.9. The maximum absolute atomic E-state index is 12.9. The number of hydrogen-bond donors (Lipinski definition) is 1. The molecule has 3 heterocycles. The van der Waals surface area contributed by atoms with E-state index in [4.69, 9.17) is 16.3 Å². The van der Waals surface area contributed by atoms with Gasteiger partial charge in [-0.25, -0.2) is 9.78 Å². The molecule has 1 atom stereocenters. The van der Waals surface area contributed by atoms with Crippen molar-refractivity contribution in [3.63, 3.8) is 0 Å². The third-order valence-corrected chi connectivity index (χ3v) is 7.42. The molecule has 1 unspecified atom stereocenters. The smallest absolute Gasteiger partial charge is 0.332 e. The first-order valence-electron chi connectivity index (χ1n) is 12.3. The molecule has 10 nitrogen and oxygen atoms in total. The van der Waals surface area contributed by atoms with Crippen LogP contribution in [0, 0.1) is 13.8 Å². The summed E-state index contributed by atoms with van der Waals surface area (Å²) < 4.78 is 9.96. The van der Waals surface area contributed by atoms with Crippen molar-refractivity contribution in [1.82, 2.24) is 28.5 Å². The molecule has 4 rings (SSSR count). The van der Waals surface area contributed by atoms with Gasteiger partial charge in [0.05, 0.1) is 25.6 Å². The second-order valence-corrected chi connectivity index (χ2v) is 10.0. The molecule has 1 N–H and O–H groups in total. The number of aliphatic hydroxyl groups is 1. The number of halogens is 1. The summed E-state index contributed by atoms with van der Waals surface area (Å²) in [5.74, 6) is 0.852. The highest BCUT2D eigenvalue weighted by Gasteiger charge is 2.22. The van der Waals surface area contributed by atoms with Crippen LogP contribution in [0.4, 0.5) is 0 Å². The van der Waals surface area contributed by atoms with Crippen molar-refractivity contribution < 1.29 is 9.84 Å². The van der Waals surface area contributed by atoms with Gasteiger partial charge in [0.1, 0.15) is 5.75 Å². The summed E-state index contributed by atoms with van der Waals surface area (Å²) in [5.41, 5.74) is 1.84. The molecule has 0 saturated carbocycles. The van der Waals surface area contributed by atoms with Crippen molar-refractivity contribution in [3.8, 4) is 5.75 Å². The Bertz CT molecular complexity index is 1320. The highest BCUT2D eigenvalue weighted by atomic mass is 35.5. The molecule has 0 spiro atoms. The number of ether oxygens (including phenoxy) is 1. The number of benzene rings is 1. The van der Waals surface area contributed by atoms with Gasteiger partial charge in [0.15, 0.2) is 11.2 Å². The average molecular weight is 519 g/mol. The third kappa shape index (κ3) is 5.67. The second kappa shape index (κ2) is 11.2. The molecule has 0 aliphatic carbocycles. The summed E-state index contributed by atoms with van der Waals surface area (Å²) in [6, 6.07) is 3.94. The fourth-order valence-corrected chi connectivity index (χ4v) is 4.90. The lowest BCUT2D eigenvalue weighted by Gasteiger charge is -2.35. The van der Waals surface area contributed by atoms with Crippen LogP contribution in [0.25, 0.3) is 11.2 Å². The van der Waals surface area contributed by atoms with Crippen LogP contribution in [-0.2, 0) is 20.6 Å². The average Bonchev–Trinajstić information content (AvgIpc) is 3.24. The van der Waals surface area contributed by atoms with Crippen molar-refractivity contribution in [2.24, 2.45) is 14.1 Å². The molecule has 1 fully saturated rings. The van der Waals surface area contributed by atoms with Crippen molar-refractivity contribution in [3.05, 3.63) is 55.4 Å². The van der Waals surface area contributed by atoms with Gasteiger partial charge in [-0.15, -0.1) is 0 Å². The van der Waals surface area contributed by atoms with Gasteiger partial charge >= 0.3 is 5.69 Å². The monoisotopic (exact) mass is 518 g/mol. The van der Waals surface area contributed by atoms with Gasteiger partial charge < -0.3 is 19.3 Å². The van der Waals surface area contributed by atoms with E-state index < -0.39 is 17.4 Å². The Morgan fingerprint density at radius 1 is 1.06 bits per heavy atom. The normalized spacial score (nSPS) is 16.1. The number of aryl methyl sites for hydroxylation is 4. The molecule has 36 heavy (non-hydrogen) atoms. The van der Waals surface area contributed by atoms with E-state index in [9.17, 15) is 14.7 Å². The molecule has 2 aromatic heterocycles. The first kappa shape index (κ1) is 26.4. The molecule has 1 saturated heterocycles. The van der Waals surface area contributed by atoms with Gasteiger partial charge in [-0.3, -0.25) is 18.8 Å². The van der Waals surface area contributed by atoms with Crippen LogP contribution in [0.1, 0.15) is 17.5 Å². The van der Waals surface area contributed by atoms with Crippen molar-refractivity contribution >= 4 is 22.8 Å². The highest BCUT2D eigenvalue weighted by molar-refractivity contribution is 6.32. The number of hydrogen-bond acceptors (Lipinski definition) is 7. The lowest BCUT2D eigenvalue weighted by molar-refractivity contribution is 0.0617. The van der Waals surface area contributed by atoms with Crippen LogP contribution in [0.15, 0.2) is 28.0 Å². The number of nitrogens with zero attached hydrogens (tertiary/aromatic N) is 6. The van der Waals surface area contributed by atoms with Gasteiger partial charge in [0.25, 0.3) is 5.56 Å². The minimum Gasteiger partial charge on any atom is -0.494 e. The first-order valence-corrected chi connectivity index (χ1v) is 12.7. The number of aromatic nitrogens is 4. The van der Waals surface area contributed by atoms with Gasteiger partial charge in [0, 0.05) is 58.4 Å². The Hall–Kier alpha value is -2.66. The van der Waals surface area contributed by atoms with E-state index in [1.54, 1.807) is 18.7 Å². The quantitative estimate of drug-likeness (QED) is 0.424. The molecule has 1 aromatic carbocycles. The van der Waals surface area contributed by atoms with Gasteiger partial charge in [-0.1, -0.05) is 11.6 Å². The van der Waals surface area contributed by atoms with Crippen LogP contribution in [-0.4, -0.2) is 85.6 Å². The topological polar surface area (TPSA) is 97.8 Å². The zero-order valence-corrected chi connectivity index (χ0v) is 22.2. The zero-order chi connectivity index (χ0) is 26.0. The molecule has 3 aromatic rings. The molecule has 1 aliphatic heterocycles. The third-order valence-electron chi connectivity index (χ3n) is 6.83. The molecular weight excluding hydrogens is 484 g/mol. The fourth-order valence-electron chi connectivity index (χ4n) is 4.79. The standard InChI is InChI=1S/C25H35ClN6O4/c1-17-12-20(13-18(2)21(17)26)36-11-5-6-30-7-9-31(10-8-30)14-19(33)15-32-24(34)22-23(27-16-28(22)3)29(4)25(32)35/h12-13,16,19,33H,5-11,14-15H2,1-4H3. The summed E-state index contributed by atoms with van der Waals surface area (Å²) in [7, 11) is 3.30. The first-order chi connectivity index (χ1) is 17.2. The largest absolute Gasteiger partial charge is 0.494 e. The Balaban J connectivity index is 1.23. The molecule has 11 heteroatoms. The van der Waals surface area contributed by atoms with E-state index in [0.717, 1.165) is 65.6 Å². The number of aliphatic hydroxyl groups excluding tert-OH is 1. The zero-order valence-electron chi connectivity index (χ0n) is 21.4. The Kier molecular flexibility index (Phi) is 8.19. The molecule has 196 valence electrons. The van der Waals surface area contributed by atoms with E-state index in [-0.39, 0.29) is 6.54 Å². The molecule has 0 amide bonds. The van der Waals surface area contributed by atoms with E-state index in [2.05, 4.69) is 14.8 Å². The van der Waals surface area contributed by atoms with Crippen molar-refractivity contribution in [2.45, 2.75) is 32.9 Å². The van der Waals surface area contributed by atoms with E-state index in [1.165, 1.54) is 10.9 Å². The van der Waals surface area contributed by atoms with Gasteiger partial charge in [0.2, 0.25) is 0 Å². The predicted octanol–water partition coefficient (Wildman–Crippen LogP) is 1.15. The lowest BCUT2D eigenvalue weighted by atomic mass is 10.1. The number of imidazole rings is 1. The summed E-state index contributed by atoms with van der Waals surface area (Å²) >= 11 is 6.22. The van der Waals surface area contributed by atoms with Gasteiger partial charge in [-0.2, -0.15) is 0 Å². The van der Waals surface area contributed by atoms with Crippen LogP contribution < -0.4 is 16.0 Å². The molecule has 0 bridgehead atoms. The molecular formula is C25H35ClN6O4. The van der Waals surface area contributed by atoms with Crippen molar-refractivity contribution in [2.75, 3.05) is 45.9 Å². The van der Waals surface area contributed by atoms with E-state index in [0.29, 0.717) is 24.3 Å². The highest BCUT2D eigenvalue weighted by Crippen LogP contribution is 2.25. The van der Waals surface area contributed by atoms with Crippen LogP contribution >= 0.6 is 11.6 Å². The molecule has 1 aliphatic rings. The maximum Gasteiger partial charge on any atom is 0.332 e.